The number of anilines is 2. The summed E-state index contributed by atoms with van der Waals surface area (Å²) < 4.78 is 0. The standard InChI is InChI=1S/C14H14N2O/c17-14-8-4-1-5-11(14)9-16-10-15-12-6-2-3-7-13(12)16/h1-8,15,17H,9-10H2. The number of rotatable bonds is 2. The van der Waals surface area contributed by atoms with Crippen LogP contribution in [0, 0.1) is 0 Å². The molecule has 2 N–H and O–H groups in total. The Labute approximate surface area is 100 Å². The Morgan fingerprint density at radius 3 is 2.71 bits per heavy atom. The molecule has 0 fully saturated rings. The lowest BCUT2D eigenvalue weighted by atomic mass is 10.2. The summed E-state index contributed by atoms with van der Waals surface area (Å²) in [6, 6.07) is 15.7. The monoisotopic (exact) mass is 226 g/mol. The summed E-state index contributed by atoms with van der Waals surface area (Å²) in [5.41, 5.74) is 3.30. The van der Waals surface area contributed by atoms with Crippen molar-refractivity contribution in [2.75, 3.05) is 16.9 Å². The van der Waals surface area contributed by atoms with Crippen molar-refractivity contribution in [1.82, 2.24) is 0 Å². The molecule has 3 heteroatoms. The molecule has 1 aliphatic heterocycles. The summed E-state index contributed by atoms with van der Waals surface area (Å²) >= 11 is 0. The van der Waals surface area contributed by atoms with Crippen LogP contribution in [0.25, 0.3) is 0 Å². The van der Waals surface area contributed by atoms with Crippen LogP contribution in [-0.2, 0) is 6.54 Å². The van der Waals surface area contributed by atoms with E-state index in [1.54, 1.807) is 6.07 Å². The molecule has 0 spiro atoms. The van der Waals surface area contributed by atoms with Crippen molar-refractivity contribution in [3.05, 3.63) is 54.1 Å². The number of benzene rings is 2. The summed E-state index contributed by atoms with van der Waals surface area (Å²) in [4.78, 5) is 2.21. The van der Waals surface area contributed by atoms with Gasteiger partial charge in [0.25, 0.3) is 0 Å². The molecular formula is C14H14N2O. The maximum absolute atomic E-state index is 9.77. The van der Waals surface area contributed by atoms with E-state index in [4.69, 9.17) is 0 Å². The van der Waals surface area contributed by atoms with Crippen molar-refractivity contribution in [1.29, 1.82) is 0 Å². The van der Waals surface area contributed by atoms with E-state index >= 15 is 0 Å². The minimum Gasteiger partial charge on any atom is -0.508 e. The molecule has 0 unspecified atom stereocenters. The van der Waals surface area contributed by atoms with Crippen LogP contribution in [0.5, 0.6) is 5.75 Å². The van der Waals surface area contributed by atoms with Crippen LogP contribution >= 0.6 is 0 Å². The van der Waals surface area contributed by atoms with Gasteiger partial charge >= 0.3 is 0 Å². The Kier molecular flexibility index (Phi) is 2.37. The molecule has 1 heterocycles. The Balaban J connectivity index is 1.87. The van der Waals surface area contributed by atoms with E-state index in [9.17, 15) is 5.11 Å². The molecule has 0 aromatic heterocycles. The predicted octanol–water partition coefficient (Wildman–Crippen LogP) is 2.78. The number of hydrogen-bond donors (Lipinski definition) is 2. The Hall–Kier alpha value is -2.16. The summed E-state index contributed by atoms with van der Waals surface area (Å²) in [5.74, 6) is 0.358. The molecule has 2 aromatic rings. The Bertz CT molecular complexity index is 539. The van der Waals surface area contributed by atoms with E-state index < -0.39 is 0 Å². The van der Waals surface area contributed by atoms with Crippen LogP contribution < -0.4 is 10.2 Å². The highest BCUT2D eigenvalue weighted by Crippen LogP contribution is 2.32. The average Bonchev–Trinajstić information content (AvgIpc) is 2.76. The summed E-state index contributed by atoms with van der Waals surface area (Å²) in [6.45, 7) is 1.50. The van der Waals surface area contributed by atoms with Crippen LogP contribution in [0.3, 0.4) is 0 Å². The molecule has 0 saturated heterocycles. The first kappa shape index (κ1) is 10.0. The van der Waals surface area contributed by atoms with Crippen molar-refractivity contribution in [2.24, 2.45) is 0 Å². The number of aromatic hydroxyl groups is 1. The molecule has 1 aliphatic rings. The fourth-order valence-corrected chi connectivity index (χ4v) is 2.16. The van der Waals surface area contributed by atoms with Crippen molar-refractivity contribution in [3.63, 3.8) is 0 Å². The minimum atomic E-state index is 0.358. The van der Waals surface area contributed by atoms with Crippen LogP contribution in [0.4, 0.5) is 11.4 Å². The van der Waals surface area contributed by atoms with E-state index in [-0.39, 0.29) is 0 Å². The summed E-state index contributed by atoms with van der Waals surface area (Å²) in [5, 5.41) is 13.1. The van der Waals surface area contributed by atoms with Crippen LogP contribution in [0.2, 0.25) is 0 Å². The lowest BCUT2D eigenvalue weighted by Gasteiger charge is -2.18. The van der Waals surface area contributed by atoms with Gasteiger partial charge in [-0.25, -0.2) is 0 Å². The van der Waals surface area contributed by atoms with Gasteiger partial charge in [0.05, 0.1) is 18.0 Å². The smallest absolute Gasteiger partial charge is 0.120 e. The largest absolute Gasteiger partial charge is 0.508 e. The number of phenolic OH excluding ortho intramolecular Hbond substituents is 1. The van der Waals surface area contributed by atoms with Gasteiger partial charge in [0.15, 0.2) is 0 Å². The Morgan fingerprint density at radius 2 is 1.82 bits per heavy atom. The third-order valence-electron chi connectivity index (χ3n) is 3.06. The molecule has 0 bridgehead atoms. The molecule has 86 valence electrons. The molecule has 0 amide bonds. The maximum atomic E-state index is 9.77. The SMILES string of the molecule is Oc1ccccc1CN1CNc2ccccc21. The van der Waals surface area contributed by atoms with Gasteiger partial charge in [-0.1, -0.05) is 30.3 Å². The highest BCUT2D eigenvalue weighted by molar-refractivity contribution is 5.74. The van der Waals surface area contributed by atoms with Crippen molar-refractivity contribution in [2.45, 2.75) is 6.54 Å². The van der Waals surface area contributed by atoms with Gasteiger partial charge in [-0.2, -0.15) is 0 Å². The zero-order valence-corrected chi connectivity index (χ0v) is 9.43. The van der Waals surface area contributed by atoms with Gasteiger partial charge in [0.1, 0.15) is 5.75 Å². The lowest BCUT2D eigenvalue weighted by molar-refractivity contribution is 0.467. The number of nitrogens with one attached hydrogen (secondary N) is 1. The highest BCUT2D eigenvalue weighted by atomic mass is 16.3. The number of nitrogens with zero attached hydrogens (tertiary/aromatic N) is 1. The topological polar surface area (TPSA) is 35.5 Å². The van der Waals surface area contributed by atoms with Gasteiger partial charge in [-0.3, -0.25) is 0 Å². The molecule has 3 rings (SSSR count). The van der Waals surface area contributed by atoms with Gasteiger partial charge in [-0.05, 0) is 18.2 Å². The van der Waals surface area contributed by atoms with Crippen LogP contribution in [-0.4, -0.2) is 11.8 Å². The first-order chi connectivity index (χ1) is 8.34. The predicted molar refractivity (Wildman–Crippen MR) is 69.2 cm³/mol. The zero-order chi connectivity index (χ0) is 11.7. The molecule has 0 radical (unpaired) electrons. The zero-order valence-electron chi connectivity index (χ0n) is 9.43. The number of para-hydroxylation sites is 3. The second-order valence-corrected chi connectivity index (χ2v) is 4.18. The van der Waals surface area contributed by atoms with E-state index in [1.165, 1.54) is 5.69 Å². The van der Waals surface area contributed by atoms with E-state index in [0.717, 1.165) is 24.5 Å². The molecule has 17 heavy (non-hydrogen) atoms. The second-order valence-electron chi connectivity index (χ2n) is 4.18. The van der Waals surface area contributed by atoms with Gasteiger partial charge in [-0.15, -0.1) is 0 Å². The van der Waals surface area contributed by atoms with Crippen molar-refractivity contribution < 1.29 is 5.11 Å². The molecule has 0 atom stereocenters. The lowest BCUT2D eigenvalue weighted by Crippen LogP contribution is -2.21. The van der Waals surface area contributed by atoms with E-state index in [1.807, 2.05) is 30.3 Å². The van der Waals surface area contributed by atoms with Crippen LogP contribution in [0.15, 0.2) is 48.5 Å². The minimum absolute atomic E-state index is 0.358. The Morgan fingerprint density at radius 1 is 1.06 bits per heavy atom. The van der Waals surface area contributed by atoms with E-state index in [2.05, 4.69) is 22.3 Å². The highest BCUT2D eigenvalue weighted by Gasteiger charge is 2.18. The molecule has 0 aliphatic carbocycles. The summed E-state index contributed by atoms with van der Waals surface area (Å²) in [7, 11) is 0. The quantitative estimate of drug-likeness (QED) is 0.826. The normalized spacial score (nSPS) is 13.3. The summed E-state index contributed by atoms with van der Waals surface area (Å²) in [6.07, 6.45) is 0. The number of hydrogen-bond acceptors (Lipinski definition) is 3. The van der Waals surface area contributed by atoms with Gasteiger partial charge in [0, 0.05) is 12.1 Å². The molecule has 0 saturated carbocycles. The van der Waals surface area contributed by atoms with Crippen LogP contribution in [0.1, 0.15) is 5.56 Å². The average molecular weight is 226 g/mol. The van der Waals surface area contributed by atoms with Crippen molar-refractivity contribution >= 4 is 11.4 Å². The van der Waals surface area contributed by atoms with E-state index in [0.29, 0.717) is 5.75 Å². The number of phenols is 1. The number of fused-ring (bicyclic) bond motifs is 1. The maximum Gasteiger partial charge on any atom is 0.120 e. The van der Waals surface area contributed by atoms with Gasteiger partial charge in [0.2, 0.25) is 0 Å². The van der Waals surface area contributed by atoms with Gasteiger partial charge < -0.3 is 15.3 Å². The third-order valence-corrected chi connectivity index (χ3v) is 3.06. The second kappa shape index (κ2) is 4.01. The van der Waals surface area contributed by atoms with Crippen molar-refractivity contribution in [3.8, 4) is 5.75 Å². The first-order valence-electron chi connectivity index (χ1n) is 5.69. The molecule has 2 aromatic carbocycles. The fourth-order valence-electron chi connectivity index (χ4n) is 2.16. The third kappa shape index (κ3) is 1.80. The molecule has 3 nitrogen and oxygen atoms in total. The fraction of sp³-hybridized carbons (Fsp3) is 0.143. The molecular weight excluding hydrogens is 212 g/mol. The first-order valence-corrected chi connectivity index (χ1v) is 5.69.